The molecule has 0 fully saturated rings. The van der Waals surface area contributed by atoms with Crippen LogP contribution in [0.4, 0.5) is 0 Å². The first-order chi connectivity index (χ1) is 9.53. The summed E-state index contributed by atoms with van der Waals surface area (Å²) < 4.78 is 5.52. The Kier molecular flexibility index (Phi) is 6.43. The van der Waals surface area contributed by atoms with E-state index in [2.05, 4.69) is 37.6 Å². The van der Waals surface area contributed by atoms with Gasteiger partial charge in [0.15, 0.2) is 0 Å². The molecule has 0 saturated heterocycles. The van der Waals surface area contributed by atoms with Gasteiger partial charge < -0.3 is 10.5 Å². The quantitative estimate of drug-likeness (QED) is 0.795. The minimum Gasteiger partial charge on any atom is -0.492 e. The highest BCUT2D eigenvalue weighted by atomic mass is 16.5. The van der Waals surface area contributed by atoms with Crippen LogP contribution in [0.15, 0.2) is 18.5 Å². The summed E-state index contributed by atoms with van der Waals surface area (Å²) in [5.74, 6) is 0.790. The molecule has 1 rings (SSSR count). The van der Waals surface area contributed by atoms with Crippen LogP contribution in [0.3, 0.4) is 0 Å². The molecule has 114 valence electrons. The maximum Gasteiger partial charge on any atom is 0.137 e. The molecule has 2 unspecified atom stereocenters. The number of nitrogens with zero attached hydrogens (tertiary/aromatic N) is 2. The largest absolute Gasteiger partial charge is 0.492 e. The van der Waals surface area contributed by atoms with Crippen LogP contribution in [0.5, 0.6) is 5.75 Å². The summed E-state index contributed by atoms with van der Waals surface area (Å²) >= 11 is 0. The zero-order chi connectivity index (χ0) is 15.2. The van der Waals surface area contributed by atoms with Crippen LogP contribution in [-0.4, -0.2) is 35.1 Å². The Bertz CT molecular complexity index is 406. The molecule has 0 aromatic carbocycles. The van der Waals surface area contributed by atoms with Gasteiger partial charge in [0.25, 0.3) is 0 Å². The first-order valence-corrected chi connectivity index (χ1v) is 7.61. The second-order valence-corrected chi connectivity index (χ2v) is 5.25. The number of nitrogens with two attached hydrogens (primary N) is 1. The van der Waals surface area contributed by atoms with Crippen LogP contribution in [-0.2, 0) is 0 Å². The minimum absolute atomic E-state index is 0.0734. The van der Waals surface area contributed by atoms with Gasteiger partial charge in [-0.15, -0.1) is 0 Å². The van der Waals surface area contributed by atoms with E-state index in [4.69, 9.17) is 10.5 Å². The van der Waals surface area contributed by atoms with Crippen LogP contribution >= 0.6 is 0 Å². The van der Waals surface area contributed by atoms with E-state index in [-0.39, 0.29) is 11.6 Å². The predicted molar refractivity (Wildman–Crippen MR) is 84.0 cm³/mol. The Morgan fingerprint density at radius 3 is 2.40 bits per heavy atom. The number of pyridine rings is 1. The number of hydrogen-bond donors (Lipinski definition) is 1. The van der Waals surface area contributed by atoms with Gasteiger partial charge in [-0.25, -0.2) is 0 Å². The maximum absolute atomic E-state index is 6.56. The van der Waals surface area contributed by atoms with Crippen molar-refractivity contribution in [2.24, 2.45) is 5.73 Å². The van der Waals surface area contributed by atoms with E-state index in [1.165, 1.54) is 0 Å². The zero-order valence-corrected chi connectivity index (χ0v) is 13.5. The fraction of sp³-hybridized carbons (Fsp3) is 0.688. The van der Waals surface area contributed by atoms with Gasteiger partial charge in [0.1, 0.15) is 5.75 Å². The van der Waals surface area contributed by atoms with Crippen molar-refractivity contribution in [3.63, 3.8) is 0 Å². The number of hydrogen-bond acceptors (Lipinski definition) is 4. The van der Waals surface area contributed by atoms with Gasteiger partial charge in [0, 0.05) is 17.8 Å². The Morgan fingerprint density at radius 1 is 1.25 bits per heavy atom. The number of rotatable bonds is 8. The van der Waals surface area contributed by atoms with E-state index >= 15 is 0 Å². The van der Waals surface area contributed by atoms with Gasteiger partial charge in [-0.05, 0) is 45.0 Å². The first-order valence-electron chi connectivity index (χ1n) is 7.61. The summed E-state index contributed by atoms with van der Waals surface area (Å²) in [6, 6.07) is 1.93. The Balaban J connectivity index is 3.06. The Labute approximate surface area is 123 Å². The van der Waals surface area contributed by atoms with Gasteiger partial charge in [-0.3, -0.25) is 9.88 Å². The van der Waals surface area contributed by atoms with Crippen LogP contribution < -0.4 is 10.5 Å². The van der Waals surface area contributed by atoms with E-state index in [9.17, 15) is 0 Å². The SMILES string of the molecule is CCOc1cncc(C(N)C(C)(CC)N(CC)CC)c1. The van der Waals surface area contributed by atoms with Gasteiger partial charge in [-0.1, -0.05) is 20.8 Å². The zero-order valence-electron chi connectivity index (χ0n) is 13.5. The average Bonchev–Trinajstić information content (AvgIpc) is 2.48. The Hall–Kier alpha value is -1.13. The van der Waals surface area contributed by atoms with Crippen molar-refractivity contribution in [3.8, 4) is 5.75 Å². The molecule has 1 aromatic heterocycles. The molecule has 0 bridgehead atoms. The van der Waals surface area contributed by atoms with Gasteiger partial charge in [-0.2, -0.15) is 0 Å². The average molecular weight is 279 g/mol. The Morgan fingerprint density at radius 2 is 1.90 bits per heavy atom. The van der Waals surface area contributed by atoms with Gasteiger partial charge in [0.2, 0.25) is 0 Å². The number of ether oxygens (including phenoxy) is 1. The minimum atomic E-state index is -0.0830. The predicted octanol–water partition coefficient (Wildman–Crippen LogP) is 2.99. The van der Waals surface area contributed by atoms with Crippen molar-refractivity contribution in [1.29, 1.82) is 0 Å². The van der Waals surface area contributed by atoms with Crippen LogP contribution in [0.25, 0.3) is 0 Å². The normalized spacial score (nSPS) is 15.9. The molecule has 0 aliphatic carbocycles. The summed E-state index contributed by atoms with van der Waals surface area (Å²) in [7, 11) is 0. The molecular formula is C16H29N3O. The third-order valence-corrected chi connectivity index (χ3v) is 4.28. The molecule has 0 aliphatic heterocycles. The van der Waals surface area contributed by atoms with E-state index in [1.54, 1.807) is 6.20 Å². The molecule has 0 spiro atoms. The third kappa shape index (κ3) is 3.49. The van der Waals surface area contributed by atoms with E-state index < -0.39 is 0 Å². The smallest absolute Gasteiger partial charge is 0.137 e. The molecule has 20 heavy (non-hydrogen) atoms. The van der Waals surface area contributed by atoms with Crippen LogP contribution in [0.2, 0.25) is 0 Å². The summed E-state index contributed by atoms with van der Waals surface area (Å²) in [5.41, 5.74) is 7.52. The second kappa shape index (κ2) is 7.60. The molecule has 0 amide bonds. The molecule has 4 nitrogen and oxygen atoms in total. The fourth-order valence-electron chi connectivity index (χ4n) is 2.80. The molecule has 0 aliphatic rings. The van der Waals surface area contributed by atoms with Gasteiger partial charge in [0.05, 0.1) is 12.8 Å². The molecule has 0 saturated carbocycles. The van der Waals surface area contributed by atoms with Gasteiger partial charge >= 0.3 is 0 Å². The maximum atomic E-state index is 6.56. The molecule has 2 N–H and O–H groups in total. The van der Waals surface area contributed by atoms with Crippen molar-refractivity contribution < 1.29 is 4.74 Å². The standard InChI is InChI=1S/C16H29N3O/c1-6-16(5,19(7-2)8-3)15(17)13-10-14(20-9-4)12-18-11-13/h10-12,15H,6-9,17H2,1-5H3. The molecule has 1 aromatic rings. The molecule has 0 radical (unpaired) electrons. The van der Waals surface area contributed by atoms with Crippen LogP contribution in [0, 0.1) is 0 Å². The van der Waals surface area contributed by atoms with Crippen molar-refractivity contribution in [2.75, 3.05) is 19.7 Å². The summed E-state index contributed by atoms with van der Waals surface area (Å²) in [5, 5.41) is 0. The number of likely N-dealkylation sites (N-methyl/N-ethyl adjacent to an activating group) is 1. The lowest BCUT2D eigenvalue weighted by Gasteiger charge is -2.44. The van der Waals surface area contributed by atoms with E-state index in [0.29, 0.717) is 6.61 Å². The highest BCUT2D eigenvalue weighted by Gasteiger charge is 2.35. The first kappa shape index (κ1) is 16.9. The summed E-state index contributed by atoms with van der Waals surface area (Å²) in [6.07, 6.45) is 4.58. The molecular weight excluding hydrogens is 250 g/mol. The number of aromatic nitrogens is 1. The van der Waals surface area contributed by atoms with E-state index in [1.807, 2.05) is 19.2 Å². The third-order valence-electron chi connectivity index (χ3n) is 4.28. The molecule has 2 atom stereocenters. The molecule has 1 heterocycles. The molecule has 4 heteroatoms. The highest BCUT2D eigenvalue weighted by molar-refractivity contribution is 5.28. The van der Waals surface area contributed by atoms with Crippen molar-refractivity contribution in [1.82, 2.24) is 9.88 Å². The second-order valence-electron chi connectivity index (χ2n) is 5.25. The topological polar surface area (TPSA) is 51.4 Å². The van der Waals surface area contributed by atoms with Crippen molar-refractivity contribution >= 4 is 0 Å². The lowest BCUT2D eigenvalue weighted by molar-refractivity contribution is 0.0842. The lowest BCUT2D eigenvalue weighted by atomic mass is 9.84. The van der Waals surface area contributed by atoms with Crippen LogP contribution in [0.1, 0.15) is 52.6 Å². The monoisotopic (exact) mass is 279 g/mol. The highest BCUT2D eigenvalue weighted by Crippen LogP contribution is 2.33. The lowest BCUT2D eigenvalue weighted by Crippen LogP contribution is -2.53. The summed E-state index contributed by atoms with van der Waals surface area (Å²) in [6.45, 7) is 13.4. The fourth-order valence-corrected chi connectivity index (χ4v) is 2.80. The summed E-state index contributed by atoms with van der Waals surface area (Å²) in [4.78, 5) is 6.68. The van der Waals surface area contributed by atoms with Crippen molar-refractivity contribution in [2.45, 2.75) is 52.6 Å². The van der Waals surface area contributed by atoms with E-state index in [0.717, 1.165) is 30.8 Å². The van der Waals surface area contributed by atoms with Crippen molar-refractivity contribution in [3.05, 3.63) is 24.0 Å².